The summed E-state index contributed by atoms with van der Waals surface area (Å²) >= 11 is 0. The van der Waals surface area contributed by atoms with Crippen molar-refractivity contribution < 1.29 is 18.7 Å². The number of nitrogens with zero attached hydrogens (tertiary/aromatic N) is 1. The van der Waals surface area contributed by atoms with E-state index in [1.807, 2.05) is 54.7 Å². The van der Waals surface area contributed by atoms with E-state index in [0.29, 0.717) is 24.0 Å². The largest absolute Gasteiger partial charge is 0.391 e. The van der Waals surface area contributed by atoms with Gasteiger partial charge in [-0.1, -0.05) is 37.6 Å². The number of H-pyrrole nitrogens is 1. The summed E-state index contributed by atoms with van der Waals surface area (Å²) in [7, 11) is 0. The summed E-state index contributed by atoms with van der Waals surface area (Å²) in [6.07, 6.45) is 4.18. The number of amides is 1. The van der Waals surface area contributed by atoms with E-state index in [1.54, 1.807) is 6.07 Å². The summed E-state index contributed by atoms with van der Waals surface area (Å²) in [5, 5.41) is 16.3. The molecule has 0 fully saturated rings. The number of benzene rings is 3. The Morgan fingerprint density at radius 1 is 1.00 bits per heavy atom. The number of aryl methyl sites for hydroxylation is 2. The average Bonchev–Trinajstić information content (AvgIpc) is 3.52. The Balaban J connectivity index is 1.35. The number of aliphatic hydroxyl groups excluding tert-OH is 1. The first-order valence-electron chi connectivity index (χ1n) is 13.5. The zero-order chi connectivity index (χ0) is 27.4. The van der Waals surface area contributed by atoms with Crippen molar-refractivity contribution in [3.8, 4) is 0 Å². The number of hydrogen-bond acceptors (Lipinski definition) is 2. The minimum Gasteiger partial charge on any atom is -0.391 e. The molecule has 0 aliphatic rings. The van der Waals surface area contributed by atoms with Gasteiger partial charge in [0.15, 0.2) is 0 Å². The molecular formula is C32H33F2N3O2. The summed E-state index contributed by atoms with van der Waals surface area (Å²) in [6.45, 7) is 3.00. The van der Waals surface area contributed by atoms with Crippen molar-refractivity contribution in [3.63, 3.8) is 0 Å². The van der Waals surface area contributed by atoms with E-state index in [2.05, 4.69) is 21.8 Å². The Bertz CT molecular complexity index is 1540. The summed E-state index contributed by atoms with van der Waals surface area (Å²) in [5.74, 6) is -1.73. The van der Waals surface area contributed by atoms with Crippen molar-refractivity contribution in [1.82, 2.24) is 14.9 Å². The minimum absolute atomic E-state index is 0.0867. The number of aliphatic hydroxyl groups is 1. The van der Waals surface area contributed by atoms with Crippen LogP contribution in [0.15, 0.2) is 79.0 Å². The summed E-state index contributed by atoms with van der Waals surface area (Å²) < 4.78 is 30.0. The maximum Gasteiger partial charge on any atom is 0.251 e. The molecule has 3 N–H and O–H groups in total. The maximum atomic E-state index is 13.9. The van der Waals surface area contributed by atoms with Crippen LogP contribution < -0.4 is 5.32 Å². The Kier molecular flexibility index (Phi) is 8.07. The van der Waals surface area contributed by atoms with Gasteiger partial charge in [-0.25, -0.2) is 8.78 Å². The zero-order valence-electron chi connectivity index (χ0n) is 22.0. The molecule has 1 amide bonds. The highest BCUT2D eigenvalue weighted by molar-refractivity contribution is 5.98. The molecule has 5 rings (SSSR count). The lowest BCUT2D eigenvalue weighted by molar-refractivity contribution is 0.0814. The lowest BCUT2D eigenvalue weighted by atomic mass is 9.96. The van der Waals surface area contributed by atoms with Crippen molar-refractivity contribution in [2.24, 2.45) is 0 Å². The highest BCUT2D eigenvalue weighted by atomic mass is 19.1. The first kappa shape index (κ1) is 26.6. The van der Waals surface area contributed by atoms with Crippen molar-refractivity contribution in [2.75, 3.05) is 0 Å². The number of aromatic nitrogens is 2. The van der Waals surface area contributed by atoms with Crippen LogP contribution in [-0.2, 0) is 19.4 Å². The average molecular weight is 530 g/mol. The molecule has 0 bridgehead atoms. The Morgan fingerprint density at radius 3 is 2.56 bits per heavy atom. The van der Waals surface area contributed by atoms with Crippen LogP contribution in [0.2, 0.25) is 0 Å². The molecule has 0 aliphatic heterocycles. The van der Waals surface area contributed by atoms with Gasteiger partial charge in [-0.3, -0.25) is 4.79 Å². The number of unbranched alkanes of at least 4 members (excludes halogenated alkanes) is 1. The van der Waals surface area contributed by atoms with Crippen LogP contribution >= 0.6 is 0 Å². The van der Waals surface area contributed by atoms with E-state index < -0.39 is 23.8 Å². The third-order valence-electron chi connectivity index (χ3n) is 7.24. The predicted octanol–water partition coefficient (Wildman–Crippen LogP) is 6.54. The van der Waals surface area contributed by atoms with Gasteiger partial charge in [-0.2, -0.15) is 0 Å². The lowest BCUT2D eigenvalue weighted by Crippen LogP contribution is -2.45. The van der Waals surface area contributed by atoms with Gasteiger partial charge in [-0.15, -0.1) is 0 Å². The number of aromatic amines is 1. The Morgan fingerprint density at radius 2 is 1.79 bits per heavy atom. The quantitative estimate of drug-likeness (QED) is 0.182. The molecule has 39 heavy (non-hydrogen) atoms. The van der Waals surface area contributed by atoms with E-state index >= 15 is 0 Å². The van der Waals surface area contributed by atoms with E-state index in [9.17, 15) is 18.7 Å². The number of fused-ring (bicyclic) bond motifs is 2. The van der Waals surface area contributed by atoms with Gasteiger partial charge in [0.2, 0.25) is 0 Å². The normalized spacial score (nSPS) is 13.1. The van der Waals surface area contributed by atoms with Gasteiger partial charge < -0.3 is 20.0 Å². The Labute approximate surface area is 226 Å². The van der Waals surface area contributed by atoms with Crippen LogP contribution in [0, 0.1) is 11.6 Å². The first-order valence-corrected chi connectivity index (χ1v) is 13.5. The van der Waals surface area contributed by atoms with E-state index in [1.165, 1.54) is 12.1 Å². The molecule has 0 spiro atoms. The van der Waals surface area contributed by atoms with Crippen LogP contribution in [0.4, 0.5) is 8.78 Å². The van der Waals surface area contributed by atoms with Gasteiger partial charge >= 0.3 is 0 Å². The standard InChI is InChI=1S/C32H33F2N3O2/c1-2-3-13-37-14-12-22-8-9-24(19-30(22)37)32(39)36-29(17-21-15-25(33)20-26(34)16-21)31(38)11-10-27-18-23-6-4-5-7-28(23)35-27/h4-9,12,14-16,18-20,29,31,35,38H,2-3,10-11,13,17H2,1H3,(H,36,39). The van der Waals surface area contributed by atoms with Gasteiger partial charge in [0.05, 0.1) is 12.1 Å². The molecule has 2 unspecified atom stereocenters. The number of nitrogens with one attached hydrogen (secondary N) is 2. The fraction of sp³-hybridized carbons (Fsp3) is 0.281. The van der Waals surface area contributed by atoms with Crippen molar-refractivity contribution in [3.05, 3.63) is 107 Å². The van der Waals surface area contributed by atoms with Crippen LogP contribution in [-0.4, -0.2) is 32.7 Å². The molecule has 0 radical (unpaired) electrons. The summed E-state index contributed by atoms with van der Waals surface area (Å²) in [5.41, 5.74) is 3.79. The molecular weight excluding hydrogens is 496 g/mol. The van der Waals surface area contributed by atoms with Gasteiger partial charge in [0.1, 0.15) is 11.6 Å². The second-order valence-electron chi connectivity index (χ2n) is 10.2. The van der Waals surface area contributed by atoms with E-state index in [0.717, 1.165) is 53.0 Å². The minimum atomic E-state index is -0.941. The number of carbonyl (C=O) groups is 1. The number of halogens is 2. The monoisotopic (exact) mass is 529 g/mol. The molecule has 7 heteroatoms. The SMILES string of the molecule is CCCCn1ccc2ccc(C(=O)NC(Cc3cc(F)cc(F)c3)C(O)CCc3cc4ccccc4[nH]3)cc21. The molecule has 2 heterocycles. The molecule has 5 nitrogen and oxygen atoms in total. The highest BCUT2D eigenvalue weighted by Gasteiger charge is 2.24. The Hall–Kier alpha value is -3.97. The van der Waals surface area contributed by atoms with Crippen molar-refractivity contribution in [2.45, 2.75) is 57.7 Å². The second kappa shape index (κ2) is 11.8. The third kappa shape index (κ3) is 6.37. The molecule has 2 atom stereocenters. The van der Waals surface area contributed by atoms with Gasteiger partial charge in [0, 0.05) is 41.1 Å². The zero-order valence-corrected chi connectivity index (χ0v) is 22.0. The highest BCUT2D eigenvalue weighted by Crippen LogP contribution is 2.21. The predicted molar refractivity (Wildman–Crippen MR) is 151 cm³/mol. The summed E-state index contributed by atoms with van der Waals surface area (Å²) in [4.78, 5) is 16.7. The molecule has 5 aromatic rings. The van der Waals surface area contributed by atoms with Gasteiger partial charge in [-0.05, 0) is 84.5 Å². The van der Waals surface area contributed by atoms with Crippen LogP contribution in [0.1, 0.15) is 47.8 Å². The van der Waals surface area contributed by atoms with Gasteiger partial charge in [0.25, 0.3) is 5.91 Å². The molecule has 3 aromatic carbocycles. The molecule has 0 saturated heterocycles. The maximum absolute atomic E-state index is 13.9. The topological polar surface area (TPSA) is 70.1 Å². The van der Waals surface area contributed by atoms with Crippen LogP contribution in [0.3, 0.4) is 0 Å². The summed E-state index contributed by atoms with van der Waals surface area (Å²) in [6, 6.07) is 20.1. The third-order valence-corrected chi connectivity index (χ3v) is 7.24. The van der Waals surface area contributed by atoms with Crippen molar-refractivity contribution in [1.29, 1.82) is 0 Å². The first-order chi connectivity index (χ1) is 18.9. The molecule has 202 valence electrons. The van der Waals surface area contributed by atoms with E-state index in [-0.39, 0.29) is 12.3 Å². The second-order valence-corrected chi connectivity index (χ2v) is 10.2. The van der Waals surface area contributed by atoms with Crippen LogP contribution in [0.5, 0.6) is 0 Å². The fourth-order valence-corrected chi connectivity index (χ4v) is 5.14. The molecule has 0 saturated carbocycles. The number of rotatable bonds is 11. The smallest absolute Gasteiger partial charge is 0.251 e. The van der Waals surface area contributed by atoms with Crippen molar-refractivity contribution >= 4 is 27.7 Å². The van der Waals surface area contributed by atoms with E-state index in [4.69, 9.17) is 0 Å². The number of para-hydroxylation sites is 1. The molecule has 0 aliphatic carbocycles. The fourth-order valence-electron chi connectivity index (χ4n) is 5.14. The number of hydrogen-bond donors (Lipinski definition) is 3. The number of carbonyl (C=O) groups excluding carboxylic acids is 1. The van der Waals surface area contributed by atoms with Crippen LogP contribution in [0.25, 0.3) is 21.8 Å². The lowest BCUT2D eigenvalue weighted by Gasteiger charge is -2.25. The molecule has 2 aromatic heterocycles.